The van der Waals surface area contributed by atoms with E-state index in [2.05, 4.69) is 4.98 Å². The molecule has 1 aromatic heterocycles. The minimum absolute atomic E-state index is 0.215. The van der Waals surface area contributed by atoms with E-state index in [0.717, 1.165) is 25.0 Å². The summed E-state index contributed by atoms with van der Waals surface area (Å²) >= 11 is 0. The van der Waals surface area contributed by atoms with Crippen LogP contribution in [0, 0.1) is 0 Å². The summed E-state index contributed by atoms with van der Waals surface area (Å²) in [6.45, 7) is 0.670. The Labute approximate surface area is 79.2 Å². The highest BCUT2D eigenvalue weighted by Gasteiger charge is 2.01. The van der Waals surface area contributed by atoms with Crippen LogP contribution in [-0.4, -0.2) is 17.6 Å². The van der Waals surface area contributed by atoms with Gasteiger partial charge in [-0.1, -0.05) is 6.07 Å². The molecule has 1 rings (SSSR count). The zero-order valence-corrected chi connectivity index (χ0v) is 7.82. The van der Waals surface area contributed by atoms with Gasteiger partial charge in [0, 0.05) is 17.9 Å². The molecule has 0 spiro atoms. The first kappa shape index (κ1) is 10.2. The van der Waals surface area contributed by atoms with E-state index in [0.29, 0.717) is 6.54 Å². The van der Waals surface area contributed by atoms with Crippen LogP contribution in [0.3, 0.4) is 0 Å². The summed E-state index contributed by atoms with van der Waals surface area (Å²) in [6.07, 6.45) is 4.62. The lowest BCUT2D eigenvalue weighted by atomic mass is 10.1. The number of rotatable bonds is 5. The third kappa shape index (κ3) is 4.01. The molecule has 0 radical (unpaired) electrons. The normalized spacial score (nSPS) is 12.8. The predicted octanol–water partition coefficient (Wildman–Crippen LogP) is 0.690. The van der Waals surface area contributed by atoms with Crippen molar-refractivity contribution in [3.63, 3.8) is 0 Å². The molecule has 0 aliphatic heterocycles. The standard InChI is InChI=1S/C10H17N3/c11-7-6-9(12)4-5-10-3-1-2-8-13-10/h1-3,8-9H,4-7,11-12H2. The number of hydrogen-bond donors (Lipinski definition) is 2. The van der Waals surface area contributed by atoms with Gasteiger partial charge in [-0.3, -0.25) is 4.98 Å². The molecule has 1 unspecified atom stereocenters. The van der Waals surface area contributed by atoms with Gasteiger partial charge in [0.25, 0.3) is 0 Å². The molecule has 4 N–H and O–H groups in total. The topological polar surface area (TPSA) is 64.9 Å². The van der Waals surface area contributed by atoms with Crippen molar-refractivity contribution < 1.29 is 0 Å². The molecule has 0 saturated carbocycles. The fraction of sp³-hybridized carbons (Fsp3) is 0.500. The number of nitrogens with zero attached hydrogens (tertiary/aromatic N) is 1. The Morgan fingerprint density at radius 3 is 2.77 bits per heavy atom. The molecule has 1 atom stereocenters. The summed E-state index contributed by atoms with van der Waals surface area (Å²) in [4.78, 5) is 4.22. The van der Waals surface area contributed by atoms with Crippen LogP contribution in [0.15, 0.2) is 24.4 Å². The largest absolute Gasteiger partial charge is 0.330 e. The van der Waals surface area contributed by atoms with E-state index in [9.17, 15) is 0 Å². The molecule has 0 fully saturated rings. The van der Waals surface area contributed by atoms with Crippen LogP contribution in [0.2, 0.25) is 0 Å². The van der Waals surface area contributed by atoms with E-state index in [1.54, 1.807) is 0 Å². The van der Waals surface area contributed by atoms with Crippen LogP contribution in [-0.2, 0) is 6.42 Å². The van der Waals surface area contributed by atoms with Gasteiger partial charge >= 0.3 is 0 Å². The number of aromatic nitrogens is 1. The number of pyridine rings is 1. The molecule has 0 aromatic carbocycles. The monoisotopic (exact) mass is 179 g/mol. The first-order chi connectivity index (χ1) is 6.33. The van der Waals surface area contributed by atoms with Crippen molar-refractivity contribution in [1.82, 2.24) is 4.98 Å². The van der Waals surface area contributed by atoms with Gasteiger partial charge in [0.05, 0.1) is 0 Å². The van der Waals surface area contributed by atoms with Gasteiger partial charge in [-0.05, 0) is 37.9 Å². The molecule has 0 saturated heterocycles. The third-order valence-electron chi connectivity index (χ3n) is 2.03. The summed E-state index contributed by atoms with van der Waals surface area (Å²) in [5, 5.41) is 0. The molecule has 13 heavy (non-hydrogen) atoms. The minimum Gasteiger partial charge on any atom is -0.330 e. The molecule has 3 nitrogen and oxygen atoms in total. The molecule has 0 bridgehead atoms. The molecule has 0 aliphatic carbocycles. The molecule has 72 valence electrons. The average Bonchev–Trinajstić information content (AvgIpc) is 2.17. The lowest BCUT2D eigenvalue weighted by Gasteiger charge is -2.08. The van der Waals surface area contributed by atoms with E-state index >= 15 is 0 Å². The summed E-state index contributed by atoms with van der Waals surface area (Å²) in [6, 6.07) is 6.15. The molecular weight excluding hydrogens is 162 g/mol. The van der Waals surface area contributed by atoms with Crippen molar-refractivity contribution in [2.24, 2.45) is 11.5 Å². The number of hydrogen-bond acceptors (Lipinski definition) is 3. The predicted molar refractivity (Wildman–Crippen MR) is 54.2 cm³/mol. The SMILES string of the molecule is NCCC(N)CCc1ccccn1. The van der Waals surface area contributed by atoms with Gasteiger partial charge in [-0.25, -0.2) is 0 Å². The quantitative estimate of drug-likeness (QED) is 0.699. The summed E-state index contributed by atoms with van der Waals surface area (Å²) < 4.78 is 0. The van der Waals surface area contributed by atoms with E-state index < -0.39 is 0 Å². The molecular formula is C10H17N3. The van der Waals surface area contributed by atoms with Gasteiger partial charge in [0.1, 0.15) is 0 Å². The second kappa shape index (κ2) is 5.67. The molecule has 0 aliphatic rings. The zero-order valence-electron chi connectivity index (χ0n) is 7.82. The average molecular weight is 179 g/mol. The fourth-order valence-electron chi connectivity index (χ4n) is 1.24. The Kier molecular flexibility index (Phi) is 4.43. The summed E-state index contributed by atoms with van der Waals surface area (Å²) in [7, 11) is 0. The smallest absolute Gasteiger partial charge is 0.0404 e. The van der Waals surface area contributed by atoms with Crippen LogP contribution >= 0.6 is 0 Å². The second-order valence-electron chi connectivity index (χ2n) is 3.20. The first-order valence-electron chi connectivity index (χ1n) is 4.68. The maximum absolute atomic E-state index is 5.82. The van der Waals surface area contributed by atoms with Crippen molar-refractivity contribution in [1.29, 1.82) is 0 Å². The zero-order chi connectivity index (χ0) is 9.52. The van der Waals surface area contributed by atoms with Crippen molar-refractivity contribution in [3.05, 3.63) is 30.1 Å². The molecule has 0 amide bonds. The Morgan fingerprint density at radius 1 is 1.31 bits per heavy atom. The Balaban J connectivity index is 2.27. The highest BCUT2D eigenvalue weighted by atomic mass is 14.7. The Bertz CT molecular complexity index is 223. The lowest BCUT2D eigenvalue weighted by molar-refractivity contribution is 0.572. The van der Waals surface area contributed by atoms with Crippen LogP contribution in [0.1, 0.15) is 18.5 Å². The summed E-state index contributed by atoms with van der Waals surface area (Å²) in [5.74, 6) is 0. The van der Waals surface area contributed by atoms with Crippen LogP contribution < -0.4 is 11.5 Å². The van der Waals surface area contributed by atoms with E-state index in [1.807, 2.05) is 24.4 Å². The van der Waals surface area contributed by atoms with Crippen molar-refractivity contribution in [2.75, 3.05) is 6.54 Å². The highest BCUT2D eigenvalue weighted by molar-refractivity contribution is 5.03. The highest BCUT2D eigenvalue weighted by Crippen LogP contribution is 2.02. The van der Waals surface area contributed by atoms with Gasteiger partial charge in [0.2, 0.25) is 0 Å². The molecule has 1 heterocycles. The van der Waals surface area contributed by atoms with Crippen molar-refractivity contribution in [2.45, 2.75) is 25.3 Å². The van der Waals surface area contributed by atoms with Crippen LogP contribution in [0.5, 0.6) is 0 Å². The van der Waals surface area contributed by atoms with Crippen molar-refractivity contribution in [3.8, 4) is 0 Å². The third-order valence-corrected chi connectivity index (χ3v) is 2.03. The summed E-state index contributed by atoms with van der Waals surface area (Å²) in [5.41, 5.74) is 12.3. The Morgan fingerprint density at radius 2 is 2.15 bits per heavy atom. The van der Waals surface area contributed by atoms with Crippen LogP contribution in [0.4, 0.5) is 0 Å². The lowest BCUT2D eigenvalue weighted by Crippen LogP contribution is -2.24. The maximum atomic E-state index is 5.82. The van der Waals surface area contributed by atoms with Gasteiger partial charge < -0.3 is 11.5 Å². The Hall–Kier alpha value is -0.930. The van der Waals surface area contributed by atoms with Gasteiger partial charge in [-0.15, -0.1) is 0 Å². The molecule has 3 heteroatoms. The first-order valence-corrected chi connectivity index (χ1v) is 4.68. The van der Waals surface area contributed by atoms with Crippen LogP contribution in [0.25, 0.3) is 0 Å². The van der Waals surface area contributed by atoms with Gasteiger partial charge in [0.15, 0.2) is 0 Å². The van der Waals surface area contributed by atoms with E-state index in [-0.39, 0.29) is 6.04 Å². The second-order valence-corrected chi connectivity index (χ2v) is 3.20. The molecule has 1 aromatic rings. The van der Waals surface area contributed by atoms with Crippen molar-refractivity contribution >= 4 is 0 Å². The van der Waals surface area contributed by atoms with Gasteiger partial charge in [-0.2, -0.15) is 0 Å². The van der Waals surface area contributed by atoms with E-state index in [1.165, 1.54) is 0 Å². The minimum atomic E-state index is 0.215. The number of nitrogens with two attached hydrogens (primary N) is 2. The van der Waals surface area contributed by atoms with E-state index in [4.69, 9.17) is 11.5 Å². The number of aryl methyl sites for hydroxylation is 1. The maximum Gasteiger partial charge on any atom is 0.0404 e. The fourth-order valence-corrected chi connectivity index (χ4v) is 1.24.